The van der Waals surface area contributed by atoms with E-state index < -0.39 is 5.91 Å². The van der Waals surface area contributed by atoms with Crippen molar-refractivity contribution in [2.75, 3.05) is 12.4 Å². The number of primary amides is 1. The molecule has 0 aliphatic carbocycles. The monoisotopic (exact) mass is 360 g/mol. The van der Waals surface area contributed by atoms with Gasteiger partial charge in [-0.05, 0) is 48.0 Å². The molecule has 0 saturated carbocycles. The van der Waals surface area contributed by atoms with Gasteiger partial charge >= 0.3 is 0 Å². The number of amides is 2. The van der Waals surface area contributed by atoms with Crippen molar-refractivity contribution in [3.05, 3.63) is 95.1 Å². The fourth-order valence-corrected chi connectivity index (χ4v) is 2.80. The molecule has 0 spiro atoms. The first-order valence-electron chi connectivity index (χ1n) is 8.49. The number of carbonyl (C=O) groups excluding carboxylic acids is 2. The molecule has 0 aliphatic rings. The van der Waals surface area contributed by atoms with E-state index in [-0.39, 0.29) is 5.91 Å². The quantitative estimate of drug-likeness (QED) is 0.704. The molecule has 0 fully saturated rings. The summed E-state index contributed by atoms with van der Waals surface area (Å²) in [6.07, 6.45) is 0.695. The summed E-state index contributed by atoms with van der Waals surface area (Å²) in [6.45, 7) is 0. The van der Waals surface area contributed by atoms with Crippen molar-refractivity contribution < 1.29 is 14.3 Å². The third-order valence-electron chi connectivity index (χ3n) is 4.21. The van der Waals surface area contributed by atoms with E-state index >= 15 is 0 Å². The summed E-state index contributed by atoms with van der Waals surface area (Å²) in [5.74, 6) is -0.0211. The standard InChI is InChI=1S/C22H20N2O3/c1-27-20-12-11-19(14-18(20)13-15-5-3-2-4-6-15)24-22(26)17-9-7-16(8-10-17)21(23)25/h2-12,14H,13H2,1H3,(H2,23,25)(H,24,26). The molecule has 5 nitrogen and oxygen atoms in total. The molecule has 0 bridgehead atoms. The molecular weight excluding hydrogens is 340 g/mol. The van der Waals surface area contributed by atoms with Gasteiger partial charge in [-0.3, -0.25) is 9.59 Å². The molecule has 0 radical (unpaired) electrons. The summed E-state index contributed by atoms with van der Waals surface area (Å²) in [5, 5.41) is 2.87. The van der Waals surface area contributed by atoms with Crippen LogP contribution >= 0.6 is 0 Å². The number of methoxy groups -OCH3 is 1. The highest BCUT2D eigenvalue weighted by Gasteiger charge is 2.10. The van der Waals surface area contributed by atoms with Crippen LogP contribution in [0.15, 0.2) is 72.8 Å². The molecule has 3 rings (SSSR count). The minimum atomic E-state index is -0.525. The summed E-state index contributed by atoms with van der Waals surface area (Å²) in [6, 6.07) is 21.8. The average molecular weight is 360 g/mol. The normalized spacial score (nSPS) is 10.3. The van der Waals surface area contributed by atoms with Gasteiger partial charge in [0.05, 0.1) is 7.11 Å². The number of nitrogens with one attached hydrogen (secondary N) is 1. The number of nitrogens with two attached hydrogens (primary N) is 1. The lowest BCUT2D eigenvalue weighted by Crippen LogP contribution is -2.14. The molecule has 0 aromatic heterocycles. The molecule has 3 aromatic rings. The Morgan fingerprint density at radius 3 is 2.22 bits per heavy atom. The van der Waals surface area contributed by atoms with E-state index in [2.05, 4.69) is 5.32 Å². The zero-order chi connectivity index (χ0) is 19.2. The second-order valence-electron chi connectivity index (χ2n) is 6.08. The van der Waals surface area contributed by atoms with Gasteiger partial charge in [-0.15, -0.1) is 0 Å². The number of hydrogen-bond donors (Lipinski definition) is 2. The van der Waals surface area contributed by atoms with Crippen molar-refractivity contribution >= 4 is 17.5 Å². The first-order valence-corrected chi connectivity index (χ1v) is 8.49. The Labute approximate surface area is 157 Å². The van der Waals surface area contributed by atoms with Crippen LogP contribution in [0.25, 0.3) is 0 Å². The molecule has 3 N–H and O–H groups in total. The maximum Gasteiger partial charge on any atom is 0.255 e. The third kappa shape index (κ3) is 4.52. The van der Waals surface area contributed by atoms with Crippen LogP contribution in [0.1, 0.15) is 31.8 Å². The predicted octanol–water partition coefficient (Wildman–Crippen LogP) is 3.64. The van der Waals surface area contributed by atoms with E-state index in [1.807, 2.05) is 42.5 Å². The Balaban J connectivity index is 1.79. The molecule has 0 atom stereocenters. The lowest BCUT2D eigenvalue weighted by molar-refractivity contribution is 0.0995. The van der Waals surface area contributed by atoms with E-state index in [1.54, 1.807) is 25.3 Å². The molecule has 2 amide bonds. The number of carbonyl (C=O) groups is 2. The second kappa shape index (κ2) is 8.19. The van der Waals surface area contributed by atoms with Crippen molar-refractivity contribution in [2.24, 2.45) is 5.73 Å². The summed E-state index contributed by atoms with van der Waals surface area (Å²) in [5.41, 5.74) is 8.83. The number of anilines is 1. The van der Waals surface area contributed by atoms with Crippen LogP contribution in [0.5, 0.6) is 5.75 Å². The first-order chi connectivity index (χ1) is 13.1. The van der Waals surface area contributed by atoms with Crippen LogP contribution < -0.4 is 15.8 Å². The first kappa shape index (κ1) is 18.2. The smallest absolute Gasteiger partial charge is 0.255 e. The van der Waals surface area contributed by atoms with Crippen LogP contribution in [-0.4, -0.2) is 18.9 Å². The molecular formula is C22H20N2O3. The number of hydrogen-bond acceptors (Lipinski definition) is 3. The number of ether oxygens (including phenoxy) is 1. The van der Waals surface area contributed by atoms with Crippen molar-refractivity contribution in [2.45, 2.75) is 6.42 Å². The lowest BCUT2D eigenvalue weighted by Gasteiger charge is -2.12. The zero-order valence-corrected chi connectivity index (χ0v) is 14.9. The molecule has 0 saturated heterocycles. The topological polar surface area (TPSA) is 81.4 Å². The van der Waals surface area contributed by atoms with Gasteiger partial charge in [0.15, 0.2) is 0 Å². The van der Waals surface area contributed by atoms with E-state index in [1.165, 1.54) is 12.1 Å². The number of rotatable bonds is 6. The molecule has 27 heavy (non-hydrogen) atoms. The maximum absolute atomic E-state index is 12.5. The maximum atomic E-state index is 12.5. The summed E-state index contributed by atoms with van der Waals surface area (Å²) in [7, 11) is 1.63. The molecule has 0 heterocycles. The average Bonchev–Trinajstić information content (AvgIpc) is 2.69. The Morgan fingerprint density at radius 2 is 1.59 bits per heavy atom. The summed E-state index contributed by atoms with van der Waals surface area (Å²) in [4.78, 5) is 23.6. The fourth-order valence-electron chi connectivity index (χ4n) is 2.80. The van der Waals surface area contributed by atoms with Crippen LogP contribution in [0.2, 0.25) is 0 Å². The van der Waals surface area contributed by atoms with Crippen molar-refractivity contribution in [3.8, 4) is 5.75 Å². The van der Waals surface area contributed by atoms with Gasteiger partial charge in [0, 0.05) is 28.8 Å². The molecule has 3 aromatic carbocycles. The Hall–Kier alpha value is -3.60. The molecule has 5 heteroatoms. The fraction of sp³-hybridized carbons (Fsp3) is 0.0909. The Bertz CT molecular complexity index is 951. The lowest BCUT2D eigenvalue weighted by atomic mass is 10.0. The largest absolute Gasteiger partial charge is 0.496 e. The van der Waals surface area contributed by atoms with Crippen LogP contribution in [0.4, 0.5) is 5.69 Å². The van der Waals surface area contributed by atoms with Gasteiger partial charge in [-0.25, -0.2) is 0 Å². The van der Waals surface area contributed by atoms with Crippen LogP contribution in [0, 0.1) is 0 Å². The van der Waals surface area contributed by atoms with E-state index in [0.29, 0.717) is 23.2 Å². The molecule has 0 unspecified atom stereocenters. The van der Waals surface area contributed by atoms with Gasteiger partial charge < -0.3 is 15.8 Å². The zero-order valence-electron chi connectivity index (χ0n) is 14.9. The summed E-state index contributed by atoms with van der Waals surface area (Å²) >= 11 is 0. The minimum Gasteiger partial charge on any atom is -0.496 e. The Kier molecular flexibility index (Phi) is 5.52. The van der Waals surface area contributed by atoms with E-state index in [9.17, 15) is 9.59 Å². The van der Waals surface area contributed by atoms with E-state index in [0.717, 1.165) is 16.9 Å². The highest BCUT2D eigenvalue weighted by molar-refractivity contribution is 6.05. The van der Waals surface area contributed by atoms with Crippen LogP contribution in [0.3, 0.4) is 0 Å². The van der Waals surface area contributed by atoms with E-state index in [4.69, 9.17) is 10.5 Å². The minimum absolute atomic E-state index is 0.262. The van der Waals surface area contributed by atoms with Crippen molar-refractivity contribution in [1.82, 2.24) is 0 Å². The van der Waals surface area contributed by atoms with Gasteiger partial charge in [-0.2, -0.15) is 0 Å². The van der Waals surface area contributed by atoms with Crippen molar-refractivity contribution in [1.29, 1.82) is 0 Å². The number of benzene rings is 3. The predicted molar refractivity (Wildman–Crippen MR) is 105 cm³/mol. The van der Waals surface area contributed by atoms with Gasteiger partial charge in [0.1, 0.15) is 5.75 Å². The van der Waals surface area contributed by atoms with Gasteiger partial charge in [0.25, 0.3) is 5.91 Å². The molecule has 0 aliphatic heterocycles. The molecule has 136 valence electrons. The van der Waals surface area contributed by atoms with Gasteiger partial charge in [-0.1, -0.05) is 30.3 Å². The van der Waals surface area contributed by atoms with Crippen LogP contribution in [-0.2, 0) is 6.42 Å². The van der Waals surface area contributed by atoms with Gasteiger partial charge in [0.2, 0.25) is 5.91 Å². The highest BCUT2D eigenvalue weighted by atomic mass is 16.5. The summed E-state index contributed by atoms with van der Waals surface area (Å²) < 4.78 is 5.44. The Morgan fingerprint density at radius 1 is 0.926 bits per heavy atom. The highest BCUT2D eigenvalue weighted by Crippen LogP contribution is 2.25. The second-order valence-corrected chi connectivity index (χ2v) is 6.08. The third-order valence-corrected chi connectivity index (χ3v) is 4.21. The SMILES string of the molecule is COc1ccc(NC(=O)c2ccc(C(N)=O)cc2)cc1Cc1ccccc1. The van der Waals surface area contributed by atoms with Crippen molar-refractivity contribution in [3.63, 3.8) is 0 Å².